The molecular weight excluding hydrogens is 270 g/mol. The van der Waals surface area contributed by atoms with Gasteiger partial charge in [-0.1, -0.05) is 25.5 Å². The quantitative estimate of drug-likeness (QED) is 0.738. The third-order valence-electron chi connectivity index (χ3n) is 2.95. The molecule has 21 heavy (non-hydrogen) atoms. The second-order valence-corrected chi connectivity index (χ2v) is 4.69. The molecule has 0 saturated carbocycles. The molecular formula is C15H22N3O3. The van der Waals surface area contributed by atoms with Gasteiger partial charge < -0.3 is 15.8 Å². The molecule has 1 aromatic carbocycles. The molecule has 3 amide bonds. The van der Waals surface area contributed by atoms with Crippen LogP contribution in [0, 0.1) is 0 Å². The van der Waals surface area contributed by atoms with Crippen LogP contribution in [-0.2, 0) is 11.2 Å². The summed E-state index contributed by atoms with van der Waals surface area (Å²) in [6.45, 7) is 2.53. The van der Waals surface area contributed by atoms with E-state index in [0.717, 1.165) is 24.2 Å². The monoisotopic (exact) mass is 292 g/mol. The Morgan fingerprint density at radius 2 is 2.00 bits per heavy atom. The number of urea groups is 1. The second-order valence-electron chi connectivity index (χ2n) is 4.69. The number of carbonyl (C=O) groups excluding carboxylic acids is 2. The predicted octanol–water partition coefficient (Wildman–Crippen LogP) is 1.21. The van der Waals surface area contributed by atoms with Crippen molar-refractivity contribution in [3.05, 3.63) is 29.8 Å². The third-order valence-corrected chi connectivity index (χ3v) is 2.95. The maximum absolute atomic E-state index is 11.7. The number of methoxy groups -OCH3 is 1. The van der Waals surface area contributed by atoms with E-state index in [1.807, 2.05) is 19.1 Å². The number of hydrogen-bond donors (Lipinski definition) is 2. The van der Waals surface area contributed by atoms with Crippen molar-refractivity contribution in [3.63, 3.8) is 0 Å². The van der Waals surface area contributed by atoms with Crippen molar-refractivity contribution in [2.75, 3.05) is 13.7 Å². The fraction of sp³-hybridized carbons (Fsp3) is 0.467. The van der Waals surface area contributed by atoms with Gasteiger partial charge in [0, 0.05) is 6.54 Å². The van der Waals surface area contributed by atoms with Gasteiger partial charge in [-0.3, -0.25) is 4.79 Å². The van der Waals surface area contributed by atoms with Gasteiger partial charge in [-0.2, -0.15) is 5.32 Å². The highest BCUT2D eigenvalue weighted by molar-refractivity contribution is 5.96. The molecule has 0 unspecified atom stereocenters. The lowest BCUT2D eigenvalue weighted by Crippen LogP contribution is -2.44. The van der Waals surface area contributed by atoms with Gasteiger partial charge in [-0.25, -0.2) is 4.79 Å². The number of rotatable bonds is 7. The SMILES string of the molecule is CCCCNC(=O)[N]C(=O)[C@@H](N)Cc1ccc(OC)cc1. The Kier molecular flexibility index (Phi) is 7.25. The van der Waals surface area contributed by atoms with Gasteiger partial charge in [0.1, 0.15) is 5.75 Å². The molecule has 3 N–H and O–H groups in total. The molecule has 0 fully saturated rings. The van der Waals surface area contributed by atoms with Crippen molar-refractivity contribution in [1.82, 2.24) is 10.6 Å². The van der Waals surface area contributed by atoms with Gasteiger partial charge >= 0.3 is 6.03 Å². The average molecular weight is 292 g/mol. The highest BCUT2D eigenvalue weighted by Crippen LogP contribution is 2.12. The summed E-state index contributed by atoms with van der Waals surface area (Å²) in [4.78, 5) is 23.1. The van der Waals surface area contributed by atoms with Gasteiger partial charge in [0.2, 0.25) is 0 Å². The number of unbranched alkanes of at least 4 members (excludes halogenated alkanes) is 1. The van der Waals surface area contributed by atoms with Crippen LogP contribution in [0.5, 0.6) is 5.75 Å². The molecule has 0 aromatic heterocycles. The number of hydrogen-bond acceptors (Lipinski definition) is 4. The van der Waals surface area contributed by atoms with Crippen LogP contribution in [-0.4, -0.2) is 31.6 Å². The Morgan fingerprint density at radius 1 is 1.33 bits per heavy atom. The molecule has 0 aliphatic heterocycles. The Balaban J connectivity index is 2.41. The van der Waals surface area contributed by atoms with Crippen molar-refractivity contribution in [2.45, 2.75) is 32.2 Å². The van der Waals surface area contributed by atoms with Crippen LogP contribution in [0.2, 0.25) is 0 Å². The van der Waals surface area contributed by atoms with Gasteiger partial charge in [-0.05, 0) is 30.5 Å². The summed E-state index contributed by atoms with van der Waals surface area (Å²) in [5.74, 6) is 0.124. The van der Waals surface area contributed by atoms with E-state index < -0.39 is 18.0 Å². The average Bonchev–Trinajstić information content (AvgIpc) is 2.48. The van der Waals surface area contributed by atoms with Crippen LogP contribution >= 0.6 is 0 Å². The summed E-state index contributed by atoms with van der Waals surface area (Å²) in [5.41, 5.74) is 6.66. The predicted molar refractivity (Wildman–Crippen MR) is 80.1 cm³/mol. The van der Waals surface area contributed by atoms with Crippen LogP contribution in [0.1, 0.15) is 25.3 Å². The summed E-state index contributed by atoms with van der Waals surface area (Å²) in [5, 5.41) is 5.99. The van der Waals surface area contributed by atoms with Crippen LogP contribution in [0.25, 0.3) is 0 Å². The lowest BCUT2D eigenvalue weighted by molar-refractivity contribution is -0.121. The Morgan fingerprint density at radius 3 is 2.57 bits per heavy atom. The molecule has 6 nitrogen and oxygen atoms in total. The van der Waals surface area contributed by atoms with E-state index in [1.54, 1.807) is 19.2 Å². The molecule has 115 valence electrons. The Hall–Kier alpha value is -2.08. The molecule has 6 heteroatoms. The molecule has 0 aliphatic rings. The van der Waals surface area contributed by atoms with Crippen LogP contribution in [0.15, 0.2) is 24.3 Å². The minimum absolute atomic E-state index is 0.328. The van der Waals surface area contributed by atoms with Crippen molar-refractivity contribution in [2.24, 2.45) is 5.73 Å². The van der Waals surface area contributed by atoms with E-state index in [4.69, 9.17) is 10.5 Å². The Labute approximate surface area is 125 Å². The largest absolute Gasteiger partial charge is 0.497 e. The van der Waals surface area contributed by atoms with Crippen molar-refractivity contribution < 1.29 is 14.3 Å². The fourth-order valence-electron chi connectivity index (χ4n) is 1.70. The summed E-state index contributed by atoms with van der Waals surface area (Å²) in [6, 6.07) is 5.79. The fourth-order valence-corrected chi connectivity index (χ4v) is 1.70. The normalized spacial score (nSPS) is 11.6. The molecule has 1 aromatic rings. The maximum atomic E-state index is 11.7. The van der Waals surface area contributed by atoms with E-state index in [-0.39, 0.29) is 0 Å². The third kappa shape index (κ3) is 6.27. The van der Waals surface area contributed by atoms with Gasteiger partial charge in [0.15, 0.2) is 0 Å². The Bertz CT molecular complexity index is 460. The van der Waals surface area contributed by atoms with Crippen LogP contribution in [0.3, 0.4) is 0 Å². The number of nitrogens with one attached hydrogen (secondary N) is 1. The zero-order valence-electron chi connectivity index (χ0n) is 12.5. The maximum Gasteiger partial charge on any atom is 0.344 e. The molecule has 0 heterocycles. The number of benzene rings is 1. The van der Waals surface area contributed by atoms with E-state index in [1.165, 1.54) is 0 Å². The molecule has 0 saturated heterocycles. The first-order valence-corrected chi connectivity index (χ1v) is 6.98. The second kappa shape index (κ2) is 8.97. The van der Waals surface area contributed by atoms with Crippen molar-refractivity contribution in [3.8, 4) is 5.75 Å². The highest BCUT2D eigenvalue weighted by atomic mass is 16.5. The summed E-state index contributed by atoms with van der Waals surface area (Å²) in [7, 11) is 1.58. The van der Waals surface area contributed by atoms with Gasteiger partial charge in [0.25, 0.3) is 5.91 Å². The lowest BCUT2D eigenvalue weighted by atomic mass is 10.1. The first-order chi connectivity index (χ1) is 10.1. The number of nitrogens with two attached hydrogens (primary N) is 1. The van der Waals surface area contributed by atoms with Crippen molar-refractivity contribution in [1.29, 1.82) is 0 Å². The number of carbonyl (C=O) groups is 2. The van der Waals surface area contributed by atoms with E-state index in [9.17, 15) is 9.59 Å². The standard InChI is InChI=1S/C15H22N3O3/c1-3-4-9-17-15(20)18-14(19)13(16)10-11-5-7-12(21-2)8-6-11/h5-8,13H,3-4,9-10,16H2,1-2H3,(H,17,20)/t13-/m0/s1. The summed E-state index contributed by atoms with van der Waals surface area (Å²) < 4.78 is 5.05. The molecule has 0 spiro atoms. The van der Waals surface area contributed by atoms with E-state index >= 15 is 0 Å². The molecule has 1 atom stereocenters. The molecule has 1 radical (unpaired) electrons. The summed E-state index contributed by atoms with van der Waals surface area (Å²) in [6.07, 6.45) is 2.15. The summed E-state index contributed by atoms with van der Waals surface area (Å²) >= 11 is 0. The van der Waals surface area contributed by atoms with Crippen LogP contribution in [0.4, 0.5) is 4.79 Å². The first kappa shape index (κ1) is 17.0. The van der Waals surface area contributed by atoms with Crippen molar-refractivity contribution >= 4 is 11.9 Å². The number of amides is 3. The van der Waals surface area contributed by atoms with E-state index in [0.29, 0.717) is 13.0 Å². The minimum atomic E-state index is -0.824. The molecule has 1 rings (SSSR count). The highest BCUT2D eigenvalue weighted by Gasteiger charge is 2.18. The molecule has 0 aliphatic carbocycles. The minimum Gasteiger partial charge on any atom is -0.497 e. The van der Waals surface area contributed by atoms with Gasteiger partial charge in [0.05, 0.1) is 13.2 Å². The van der Waals surface area contributed by atoms with Gasteiger partial charge in [-0.15, -0.1) is 0 Å². The van der Waals surface area contributed by atoms with E-state index in [2.05, 4.69) is 10.6 Å². The van der Waals surface area contributed by atoms with Crippen LogP contribution < -0.4 is 21.1 Å². The smallest absolute Gasteiger partial charge is 0.344 e. The number of nitrogens with zero attached hydrogens (tertiary/aromatic N) is 1. The number of imide groups is 1. The number of ether oxygens (including phenoxy) is 1. The topological polar surface area (TPSA) is 95.5 Å². The first-order valence-electron chi connectivity index (χ1n) is 6.98. The zero-order valence-corrected chi connectivity index (χ0v) is 12.5. The molecule has 0 bridgehead atoms. The lowest BCUT2D eigenvalue weighted by Gasteiger charge is -2.10. The zero-order chi connectivity index (χ0) is 15.7.